The van der Waals surface area contributed by atoms with Gasteiger partial charge >= 0.3 is 11.8 Å². The Morgan fingerprint density at radius 2 is 1.81 bits per heavy atom. The lowest BCUT2D eigenvalue weighted by molar-refractivity contribution is 0.112. The summed E-state index contributed by atoms with van der Waals surface area (Å²) in [6.45, 7) is 0.424. The Morgan fingerprint density at radius 3 is 2.56 bits per heavy atom. The average Bonchev–Trinajstić information content (AvgIpc) is 3.11. The first-order valence-electron chi connectivity index (χ1n) is 9.99. The topological polar surface area (TPSA) is 102 Å². The van der Waals surface area contributed by atoms with E-state index >= 15 is 0 Å². The van der Waals surface area contributed by atoms with E-state index in [1.54, 1.807) is 24.3 Å². The van der Waals surface area contributed by atoms with Gasteiger partial charge in [-0.3, -0.25) is 14.7 Å². The number of benzene rings is 3. The van der Waals surface area contributed by atoms with Crippen molar-refractivity contribution in [1.82, 2.24) is 4.57 Å². The van der Waals surface area contributed by atoms with Gasteiger partial charge in [0.1, 0.15) is 6.29 Å². The monoisotopic (exact) mass is 428 g/mol. The lowest BCUT2D eigenvalue weighted by Crippen LogP contribution is -2.13. The molecule has 4 rings (SSSR count). The molecule has 0 unspecified atom stereocenters. The second-order valence-corrected chi connectivity index (χ2v) is 7.16. The average molecular weight is 428 g/mol. The molecule has 0 atom stereocenters. The summed E-state index contributed by atoms with van der Waals surface area (Å²) < 4.78 is 6.77. The summed E-state index contributed by atoms with van der Waals surface area (Å²) in [5, 5.41) is 11.6. The highest BCUT2D eigenvalue weighted by atomic mass is 16.4. The standard InChI is InChI=1S/C25H20N2O5/c28-16-18-10-12-22-23(15-18)32-25(31)27(22)13-5-4-6-17-9-11-21(26-24(29)30)20(14-17)19-7-2-1-3-8-19/h1-4,6-12,14-16,26H,5,13H2,(H,29,30). The van der Waals surface area contributed by atoms with Crippen molar-refractivity contribution in [3.63, 3.8) is 0 Å². The predicted molar refractivity (Wildman–Crippen MR) is 123 cm³/mol. The minimum absolute atomic E-state index is 0.387. The number of hydrogen-bond acceptors (Lipinski definition) is 4. The van der Waals surface area contributed by atoms with Crippen molar-refractivity contribution in [2.45, 2.75) is 13.0 Å². The molecule has 0 bridgehead atoms. The van der Waals surface area contributed by atoms with Crippen LogP contribution in [0.4, 0.5) is 10.5 Å². The molecule has 1 aromatic heterocycles. The smallest absolute Gasteiger partial charge is 0.419 e. The Balaban J connectivity index is 1.53. The van der Waals surface area contributed by atoms with Gasteiger partial charge in [0.15, 0.2) is 5.58 Å². The number of carbonyl (C=O) groups excluding carboxylic acids is 1. The van der Waals surface area contributed by atoms with Gasteiger partial charge in [-0.15, -0.1) is 0 Å². The third kappa shape index (κ3) is 4.52. The summed E-state index contributed by atoms with van der Waals surface area (Å²) in [5.41, 5.74) is 4.57. The molecular formula is C25H20N2O5. The molecule has 0 fully saturated rings. The second kappa shape index (κ2) is 9.18. The summed E-state index contributed by atoms with van der Waals surface area (Å²) >= 11 is 0. The number of carboxylic acid groups (broad SMARTS) is 1. The summed E-state index contributed by atoms with van der Waals surface area (Å²) in [5.74, 6) is -0.466. The van der Waals surface area contributed by atoms with Crippen molar-refractivity contribution in [1.29, 1.82) is 0 Å². The molecule has 1 heterocycles. The number of nitrogens with zero attached hydrogens (tertiary/aromatic N) is 1. The number of hydrogen-bond donors (Lipinski definition) is 2. The zero-order valence-corrected chi connectivity index (χ0v) is 17.0. The maximum atomic E-state index is 12.2. The van der Waals surface area contributed by atoms with Gasteiger partial charge in [-0.25, -0.2) is 9.59 Å². The summed E-state index contributed by atoms with van der Waals surface area (Å²) in [6.07, 6.45) is 4.04. The molecule has 0 aliphatic carbocycles. The van der Waals surface area contributed by atoms with Crippen LogP contribution < -0.4 is 11.1 Å². The molecule has 0 aliphatic heterocycles. The van der Waals surface area contributed by atoms with Crippen molar-refractivity contribution in [3.05, 3.63) is 94.5 Å². The van der Waals surface area contributed by atoms with E-state index < -0.39 is 11.8 Å². The van der Waals surface area contributed by atoms with Gasteiger partial charge < -0.3 is 9.52 Å². The maximum absolute atomic E-state index is 12.2. The summed E-state index contributed by atoms with van der Waals surface area (Å²) in [7, 11) is 0. The number of rotatable bonds is 7. The highest BCUT2D eigenvalue weighted by Crippen LogP contribution is 2.29. The molecule has 7 heteroatoms. The fraction of sp³-hybridized carbons (Fsp3) is 0.0800. The molecule has 160 valence electrons. The molecule has 1 amide bonds. The van der Waals surface area contributed by atoms with Crippen LogP contribution in [-0.2, 0) is 6.54 Å². The molecule has 0 aliphatic rings. The van der Waals surface area contributed by atoms with E-state index in [1.807, 2.05) is 54.6 Å². The van der Waals surface area contributed by atoms with Crippen molar-refractivity contribution in [2.75, 3.05) is 5.32 Å². The molecule has 4 aromatic rings. The minimum Gasteiger partial charge on any atom is -0.465 e. The SMILES string of the molecule is O=Cc1ccc2c(c1)oc(=O)n2CCC=Cc1ccc(NC(=O)O)c(-c2ccccc2)c1. The zero-order valence-electron chi connectivity index (χ0n) is 17.0. The third-order valence-electron chi connectivity index (χ3n) is 5.03. The van der Waals surface area contributed by atoms with Crippen molar-refractivity contribution in [3.8, 4) is 11.1 Å². The van der Waals surface area contributed by atoms with Crippen molar-refractivity contribution in [2.24, 2.45) is 0 Å². The number of fused-ring (bicyclic) bond motifs is 1. The Bertz CT molecular complexity index is 1370. The Hall–Kier alpha value is -4.39. The number of allylic oxidation sites excluding steroid dienone is 1. The van der Waals surface area contributed by atoms with Crippen LogP contribution in [0.15, 0.2) is 82.0 Å². The van der Waals surface area contributed by atoms with E-state index in [0.717, 1.165) is 16.7 Å². The van der Waals surface area contributed by atoms with E-state index in [-0.39, 0.29) is 0 Å². The quantitative estimate of drug-likeness (QED) is 0.391. The number of aldehydes is 1. The first-order valence-corrected chi connectivity index (χ1v) is 9.99. The van der Waals surface area contributed by atoms with Crippen LogP contribution >= 0.6 is 0 Å². The van der Waals surface area contributed by atoms with Crippen LogP contribution in [0.3, 0.4) is 0 Å². The van der Waals surface area contributed by atoms with E-state index in [0.29, 0.717) is 41.6 Å². The number of nitrogens with one attached hydrogen (secondary N) is 1. The highest BCUT2D eigenvalue weighted by Gasteiger charge is 2.10. The number of anilines is 1. The van der Waals surface area contributed by atoms with Crippen molar-refractivity contribution >= 4 is 35.2 Å². The lowest BCUT2D eigenvalue weighted by Gasteiger charge is -2.10. The number of amides is 1. The number of oxazole rings is 1. The van der Waals surface area contributed by atoms with Crippen LogP contribution in [0.5, 0.6) is 0 Å². The van der Waals surface area contributed by atoms with Gasteiger partial charge in [0.05, 0.1) is 11.2 Å². The number of aryl methyl sites for hydroxylation is 1. The van der Waals surface area contributed by atoms with Crippen LogP contribution in [0.25, 0.3) is 28.3 Å². The Labute approximate surface area is 183 Å². The second-order valence-electron chi connectivity index (χ2n) is 7.16. The van der Waals surface area contributed by atoms with Crippen LogP contribution in [-0.4, -0.2) is 22.1 Å². The van der Waals surface area contributed by atoms with Gasteiger partial charge in [0, 0.05) is 17.7 Å². The molecule has 0 saturated heterocycles. The molecule has 0 radical (unpaired) electrons. The highest BCUT2D eigenvalue weighted by molar-refractivity contribution is 5.91. The van der Waals surface area contributed by atoms with E-state index in [9.17, 15) is 14.4 Å². The van der Waals surface area contributed by atoms with Gasteiger partial charge in [-0.2, -0.15) is 0 Å². The first kappa shape index (κ1) is 20.9. The molecular weight excluding hydrogens is 408 g/mol. The molecule has 3 aromatic carbocycles. The van der Waals surface area contributed by atoms with Crippen LogP contribution in [0.2, 0.25) is 0 Å². The number of aromatic nitrogens is 1. The fourth-order valence-corrected chi connectivity index (χ4v) is 3.54. The molecule has 7 nitrogen and oxygen atoms in total. The number of carbonyl (C=O) groups is 2. The first-order chi connectivity index (χ1) is 15.5. The zero-order chi connectivity index (χ0) is 22.5. The largest absolute Gasteiger partial charge is 0.465 e. The normalized spacial score (nSPS) is 11.1. The summed E-state index contributed by atoms with van der Waals surface area (Å²) in [4.78, 5) is 34.2. The van der Waals surface area contributed by atoms with E-state index in [2.05, 4.69) is 5.32 Å². The van der Waals surface area contributed by atoms with Gasteiger partial charge in [0.25, 0.3) is 0 Å². The fourth-order valence-electron chi connectivity index (χ4n) is 3.54. The molecule has 0 saturated carbocycles. The van der Waals surface area contributed by atoms with E-state index in [4.69, 9.17) is 9.52 Å². The Kier molecular flexibility index (Phi) is 5.98. The van der Waals surface area contributed by atoms with Gasteiger partial charge in [-0.1, -0.05) is 48.6 Å². The molecule has 0 spiro atoms. The Morgan fingerprint density at radius 1 is 1.03 bits per heavy atom. The molecule has 2 N–H and O–H groups in total. The van der Waals surface area contributed by atoms with Gasteiger partial charge in [-0.05, 0) is 47.9 Å². The van der Waals surface area contributed by atoms with Crippen LogP contribution in [0.1, 0.15) is 22.3 Å². The minimum atomic E-state index is -1.12. The van der Waals surface area contributed by atoms with E-state index in [1.165, 1.54) is 4.57 Å². The third-order valence-corrected chi connectivity index (χ3v) is 5.03. The lowest BCUT2D eigenvalue weighted by atomic mass is 10.0. The maximum Gasteiger partial charge on any atom is 0.419 e. The van der Waals surface area contributed by atoms with Crippen LogP contribution in [0, 0.1) is 0 Å². The van der Waals surface area contributed by atoms with Gasteiger partial charge in [0.2, 0.25) is 0 Å². The summed E-state index contributed by atoms with van der Waals surface area (Å²) in [6, 6.07) is 19.9. The van der Waals surface area contributed by atoms with Crippen molar-refractivity contribution < 1.29 is 19.1 Å². The predicted octanol–water partition coefficient (Wildman–Crippen LogP) is 5.27. The molecule has 32 heavy (non-hydrogen) atoms.